The Kier molecular flexibility index (Phi) is 5.13. The molecule has 0 saturated heterocycles. The molecule has 2 aromatic carbocycles. The Morgan fingerprint density at radius 1 is 1.00 bits per heavy atom. The average Bonchev–Trinajstić information content (AvgIpc) is 2.45. The van der Waals surface area contributed by atoms with Crippen LogP contribution < -0.4 is 10.2 Å². The summed E-state index contributed by atoms with van der Waals surface area (Å²) in [5.41, 5.74) is 3.49. The Bertz CT molecular complexity index is 579. The van der Waals surface area contributed by atoms with Crippen molar-refractivity contribution in [3.05, 3.63) is 59.1 Å². The molecular formula is C18H23ClN2. The second-order valence-electron chi connectivity index (χ2n) is 5.83. The van der Waals surface area contributed by atoms with Crippen LogP contribution in [0, 0.1) is 5.92 Å². The molecule has 2 nitrogen and oxygen atoms in total. The van der Waals surface area contributed by atoms with Gasteiger partial charge in [0.15, 0.2) is 0 Å². The van der Waals surface area contributed by atoms with Gasteiger partial charge in [0.2, 0.25) is 0 Å². The SMILES string of the molecule is CC(C)C(Nc1cc(Cl)ccc1N(C)C)c1ccccc1. The minimum absolute atomic E-state index is 0.253. The van der Waals surface area contributed by atoms with Crippen LogP contribution in [0.2, 0.25) is 5.02 Å². The van der Waals surface area contributed by atoms with Crippen LogP contribution in [0.15, 0.2) is 48.5 Å². The fourth-order valence-electron chi connectivity index (χ4n) is 2.48. The smallest absolute Gasteiger partial charge is 0.0598 e. The van der Waals surface area contributed by atoms with Crippen LogP contribution in [0.4, 0.5) is 11.4 Å². The molecule has 1 atom stereocenters. The molecule has 0 radical (unpaired) electrons. The fraction of sp³-hybridized carbons (Fsp3) is 0.333. The van der Waals surface area contributed by atoms with Gasteiger partial charge in [-0.15, -0.1) is 0 Å². The van der Waals surface area contributed by atoms with Crippen LogP contribution >= 0.6 is 11.6 Å². The van der Waals surface area contributed by atoms with Gasteiger partial charge in [-0.05, 0) is 29.7 Å². The average molecular weight is 303 g/mol. The molecule has 0 heterocycles. The predicted octanol–water partition coefficient (Wildman–Crippen LogP) is 5.22. The summed E-state index contributed by atoms with van der Waals surface area (Å²) >= 11 is 6.17. The Morgan fingerprint density at radius 3 is 2.24 bits per heavy atom. The van der Waals surface area contributed by atoms with Gasteiger partial charge in [0.25, 0.3) is 0 Å². The fourth-order valence-corrected chi connectivity index (χ4v) is 2.65. The number of hydrogen-bond donors (Lipinski definition) is 1. The molecule has 3 heteroatoms. The molecule has 0 amide bonds. The highest BCUT2D eigenvalue weighted by Gasteiger charge is 2.17. The minimum atomic E-state index is 0.253. The van der Waals surface area contributed by atoms with E-state index in [0.717, 1.165) is 16.4 Å². The summed E-state index contributed by atoms with van der Waals surface area (Å²) in [6, 6.07) is 16.8. The molecule has 0 aliphatic carbocycles. The first-order valence-corrected chi connectivity index (χ1v) is 7.65. The quantitative estimate of drug-likeness (QED) is 0.815. The lowest BCUT2D eigenvalue weighted by atomic mass is 9.95. The van der Waals surface area contributed by atoms with Gasteiger partial charge in [0.05, 0.1) is 17.4 Å². The first-order chi connectivity index (χ1) is 9.99. The monoisotopic (exact) mass is 302 g/mol. The molecule has 1 N–H and O–H groups in total. The summed E-state index contributed by atoms with van der Waals surface area (Å²) in [6.07, 6.45) is 0. The number of halogens is 1. The summed E-state index contributed by atoms with van der Waals surface area (Å²) in [5.74, 6) is 0.474. The Labute approximate surface area is 132 Å². The number of hydrogen-bond acceptors (Lipinski definition) is 2. The topological polar surface area (TPSA) is 15.3 Å². The van der Waals surface area contributed by atoms with E-state index in [4.69, 9.17) is 11.6 Å². The normalized spacial score (nSPS) is 12.3. The molecule has 0 aliphatic rings. The maximum Gasteiger partial charge on any atom is 0.0598 e. The predicted molar refractivity (Wildman–Crippen MR) is 93.4 cm³/mol. The highest BCUT2D eigenvalue weighted by molar-refractivity contribution is 6.31. The van der Waals surface area contributed by atoms with E-state index < -0.39 is 0 Å². The summed E-state index contributed by atoms with van der Waals surface area (Å²) in [7, 11) is 4.09. The lowest BCUT2D eigenvalue weighted by Gasteiger charge is -2.27. The zero-order chi connectivity index (χ0) is 15.4. The lowest BCUT2D eigenvalue weighted by molar-refractivity contribution is 0.546. The maximum atomic E-state index is 6.17. The van der Waals surface area contributed by atoms with Crippen molar-refractivity contribution in [1.29, 1.82) is 0 Å². The van der Waals surface area contributed by atoms with Crippen molar-refractivity contribution in [2.45, 2.75) is 19.9 Å². The minimum Gasteiger partial charge on any atom is -0.376 e. The van der Waals surface area contributed by atoms with Gasteiger partial charge in [-0.2, -0.15) is 0 Å². The van der Waals surface area contributed by atoms with E-state index in [1.807, 2.05) is 38.4 Å². The Balaban J connectivity index is 2.36. The van der Waals surface area contributed by atoms with E-state index in [2.05, 4.69) is 48.3 Å². The van der Waals surface area contributed by atoms with Gasteiger partial charge in [0, 0.05) is 19.1 Å². The number of rotatable bonds is 5. The van der Waals surface area contributed by atoms with Crippen LogP contribution in [0.1, 0.15) is 25.5 Å². The van der Waals surface area contributed by atoms with Crippen molar-refractivity contribution in [1.82, 2.24) is 0 Å². The number of anilines is 2. The highest BCUT2D eigenvalue weighted by atomic mass is 35.5. The highest BCUT2D eigenvalue weighted by Crippen LogP contribution is 2.33. The summed E-state index contributed by atoms with van der Waals surface area (Å²) in [4.78, 5) is 2.10. The number of nitrogens with one attached hydrogen (secondary N) is 1. The molecule has 2 aromatic rings. The van der Waals surface area contributed by atoms with Crippen LogP contribution in [0.25, 0.3) is 0 Å². The molecule has 0 aromatic heterocycles. The van der Waals surface area contributed by atoms with Crippen LogP contribution in [-0.4, -0.2) is 14.1 Å². The van der Waals surface area contributed by atoms with E-state index in [-0.39, 0.29) is 6.04 Å². The lowest BCUT2D eigenvalue weighted by Crippen LogP contribution is -2.19. The third-order valence-electron chi connectivity index (χ3n) is 3.58. The largest absolute Gasteiger partial charge is 0.376 e. The third kappa shape index (κ3) is 3.92. The second kappa shape index (κ2) is 6.86. The molecule has 0 aliphatic heterocycles. The molecule has 1 unspecified atom stereocenters. The van der Waals surface area contributed by atoms with E-state index >= 15 is 0 Å². The van der Waals surface area contributed by atoms with E-state index in [9.17, 15) is 0 Å². The van der Waals surface area contributed by atoms with E-state index in [0.29, 0.717) is 5.92 Å². The third-order valence-corrected chi connectivity index (χ3v) is 3.81. The van der Waals surface area contributed by atoms with Crippen molar-refractivity contribution in [2.24, 2.45) is 5.92 Å². The van der Waals surface area contributed by atoms with Gasteiger partial charge < -0.3 is 10.2 Å². The number of benzene rings is 2. The van der Waals surface area contributed by atoms with Crippen LogP contribution in [0.5, 0.6) is 0 Å². The van der Waals surface area contributed by atoms with Gasteiger partial charge in [-0.3, -0.25) is 0 Å². The van der Waals surface area contributed by atoms with Gasteiger partial charge in [-0.25, -0.2) is 0 Å². The van der Waals surface area contributed by atoms with Crippen molar-refractivity contribution in [3.63, 3.8) is 0 Å². The Morgan fingerprint density at radius 2 is 1.67 bits per heavy atom. The van der Waals surface area contributed by atoms with Crippen LogP contribution in [0.3, 0.4) is 0 Å². The van der Waals surface area contributed by atoms with E-state index in [1.54, 1.807) is 0 Å². The number of nitrogens with zero attached hydrogens (tertiary/aromatic N) is 1. The molecule has 112 valence electrons. The maximum absolute atomic E-state index is 6.17. The second-order valence-corrected chi connectivity index (χ2v) is 6.27. The molecule has 0 saturated carbocycles. The van der Waals surface area contributed by atoms with Gasteiger partial charge >= 0.3 is 0 Å². The van der Waals surface area contributed by atoms with Crippen molar-refractivity contribution < 1.29 is 0 Å². The zero-order valence-corrected chi connectivity index (χ0v) is 13.9. The molecule has 0 bridgehead atoms. The zero-order valence-electron chi connectivity index (χ0n) is 13.1. The van der Waals surface area contributed by atoms with E-state index in [1.165, 1.54) is 5.56 Å². The first-order valence-electron chi connectivity index (χ1n) is 7.27. The molecule has 0 spiro atoms. The standard InChI is InChI=1S/C18H23ClN2/c1-13(2)18(14-8-6-5-7-9-14)20-16-12-15(19)10-11-17(16)21(3)4/h5-13,18,20H,1-4H3. The van der Waals surface area contributed by atoms with Crippen molar-refractivity contribution >= 4 is 23.0 Å². The molecule has 0 fully saturated rings. The van der Waals surface area contributed by atoms with Crippen molar-refractivity contribution in [2.75, 3.05) is 24.3 Å². The molecule has 2 rings (SSSR count). The van der Waals surface area contributed by atoms with Crippen LogP contribution in [-0.2, 0) is 0 Å². The summed E-state index contributed by atoms with van der Waals surface area (Å²) in [6.45, 7) is 4.45. The molecule has 21 heavy (non-hydrogen) atoms. The Hall–Kier alpha value is -1.67. The van der Waals surface area contributed by atoms with Gasteiger partial charge in [0.1, 0.15) is 0 Å². The summed E-state index contributed by atoms with van der Waals surface area (Å²) < 4.78 is 0. The van der Waals surface area contributed by atoms with Gasteiger partial charge in [-0.1, -0.05) is 55.8 Å². The first kappa shape index (κ1) is 15.7. The summed E-state index contributed by atoms with van der Waals surface area (Å²) in [5, 5.41) is 4.41. The molecular weight excluding hydrogens is 280 g/mol. The van der Waals surface area contributed by atoms with Crippen molar-refractivity contribution in [3.8, 4) is 0 Å².